The van der Waals surface area contributed by atoms with Crippen molar-refractivity contribution in [1.29, 1.82) is 0 Å². The fraction of sp³-hybridized carbons (Fsp3) is 0.333. The Morgan fingerprint density at radius 2 is 2.21 bits per heavy atom. The number of thiophene rings is 1. The van der Waals surface area contributed by atoms with Gasteiger partial charge in [-0.25, -0.2) is 4.39 Å². The lowest BCUT2D eigenvalue weighted by Gasteiger charge is -2.31. The van der Waals surface area contributed by atoms with E-state index in [1.807, 2.05) is 24.3 Å². The molecule has 100 valence electrons. The summed E-state index contributed by atoms with van der Waals surface area (Å²) in [5.41, 5.74) is 9.31. The van der Waals surface area contributed by atoms with Crippen molar-refractivity contribution in [3.63, 3.8) is 0 Å². The fourth-order valence-electron chi connectivity index (χ4n) is 2.63. The molecular weight excluding hydrogens is 259 g/mol. The molecule has 1 aromatic heterocycles. The van der Waals surface area contributed by atoms with Crippen LogP contribution < -0.4 is 10.6 Å². The van der Waals surface area contributed by atoms with Crippen LogP contribution in [0.2, 0.25) is 0 Å². The summed E-state index contributed by atoms with van der Waals surface area (Å²) in [7, 11) is 0. The summed E-state index contributed by atoms with van der Waals surface area (Å²) in [4.78, 5) is 3.77. The van der Waals surface area contributed by atoms with Gasteiger partial charge < -0.3 is 10.6 Å². The highest BCUT2D eigenvalue weighted by Crippen LogP contribution is 2.32. The largest absolute Gasteiger partial charge is 0.367 e. The van der Waals surface area contributed by atoms with Gasteiger partial charge in [0, 0.05) is 29.7 Å². The summed E-state index contributed by atoms with van der Waals surface area (Å²) in [5, 5.41) is 2.14. The predicted molar refractivity (Wildman–Crippen MR) is 78.1 cm³/mol. The second kappa shape index (κ2) is 4.94. The van der Waals surface area contributed by atoms with Crippen LogP contribution in [0, 0.1) is 5.82 Å². The molecule has 1 aliphatic heterocycles. The number of halogens is 1. The van der Waals surface area contributed by atoms with E-state index in [1.165, 1.54) is 16.5 Å². The number of nitrogens with zero attached hydrogens (tertiary/aromatic N) is 1. The number of nitrogens with two attached hydrogens (primary N) is 1. The first-order chi connectivity index (χ1) is 9.15. The van der Waals surface area contributed by atoms with E-state index in [9.17, 15) is 4.39 Å². The van der Waals surface area contributed by atoms with E-state index in [0.29, 0.717) is 0 Å². The lowest BCUT2D eigenvalue weighted by atomic mass is 10.0. The minimum atomic E-state index is -0.218. The van der Waals surface area contributed by atoms with Gasteiger partial charge in [0.25, 0.3) is 0 Å². The molecule has 1 aliphatic rings. The Morgan fingerprint density at radius 3 is 3.00 bits per heavy atom. The van der Waals surface area contributed by atoms with E-state index >= 15 is 0 Å². The molecule has 0 saturated carbocycles. The molecule has 0 bridgehead atoms. The number of fused-ring (bicyclic) bond motifs is 1. The number of anilines is 1. The Bertz CT molecular complexity index is 592. The molecule has 2 nitrogen and oxygen atoms in total. The molecular formula is C15H17FN2S. The van der Waals surface area contributed by atoms with Gasteiger partial charge in [0.05, 0.1) is 0 Å². The number of benzene rings is 1. The van der Waals surface area contributed by atoms with Crippen LogP contribution in [0.4, 0.5) is 10.1 Å². The van der Waals surface area contributed by atoms with Crippen molar-refractivity contribution in [3.05, 3.63) is 51.5 Å². The lowest BCUT2D eigenvalue weighted by Crippen LogP contribution is -2.30. The van der Waals surface area contributed by atoms with Gasteiger partial charge in [0.2, 0.25) is 0 Å². The number of hydrogen-bond donors (Lipinski definition) is 1. The van der Waals surface area contributed by atoms with Crippen molar-refractivity contribution in [2.75, 3.05) is 11.4 Å². The van der Waals surface area contributed by atoms with E-state index in [-0.39, 0.29) is 11.9 Å². The molecule has 0 amide bonds. The van der Waals surface area contributed by atoms with E-state index in [2.05, 4.69) is 16.3 Å². The summed E-state index contributed by atoms with van der Waals surface area (Å²) in [6, 6.07) is 6.95. The highest BCUT2D eigenvalue weighted by atomic mass is 32.1. The topological polar surface area (TPSA) is 29.3 Å². The first-order valence-corrected chi connectivity index (χ1v) is 7.38. The molecule has 3 rings (SSSR count). The molecule has 2 aromatic rings. The number of hydrogen-bond acceptors (Lipinski definition) is 3. The Morgan fingerprint density at radius 1 is 1.37 bits per heavy atom. The van der Waals surface area contributed by atoms with Gasteiger partial charge in [0.15, 0.2) is 0 Å². The minimum absolute atomic E-state index is 0.158. The summed E-state index contributed by atoms with van der Waals surface area (Å²) >= 11 is 1.82. The summed E-state index contributed by atoms with van der Waals surface area (Å²) in [6.45, 7) is 3.77. The van der Waals surface area contributed by atoms with Crippen molar-refractivity contribution in [2.24, 2.45) is 5.73 Å². The first kappa shape index (κ1) is 12.6. The van der Waals surface area contributed by atoms with E-state index in [4.69, 9.17) is 5.73 Å². The maximum atomic E-state index is 13.4. The van der Waals surface area contributed by atoms with Crippen LogP contribution in [-0.2, 0) is 13.0 Å². The molecule has 0 unspecified atom stereocenters. The smallest absolute Gasteiger partial charge is 0.123 e. The van der Waals surface area contributed by atoms with Crippen LogP contribution in [0.3, 0.4) is 0 Å². The zero-order valence-electron chi connectivity index (χ0n) is 10.9. The second-order valence-corrected chi connectivity index (χ2v) is 6.03. The first-order valence-electron chi connectivity index (χ1n) is 6.50. The third-order valence-electron chi connectivity index (χ3n) is 3.63. The molecule has 0 radical (unpaired) electrons. The average molecular weight is 276 g/mol. The van der Waals surface area contributed by atoms with E-state index in [0.717, 1.165) is 30.8 Å². The average Bonchev–Trinajstić information content (AvgIpc) is 2.85. The van der Waals surface area contributed by atoms with Gasteiger partial charge in [-0.15, -0.1) is 11.3 Å². The number of rotatable bonds is 2. The molecule has 19 heavy (non-hydrogen) atoms. The third kappa shape index (κ3) is 2.38. The Labute approximate surface area is 116 Å². The monoisotopic (exact) mass is 276 g/mol. The molecule has 1 aromatic carbocycles. The van der Waals surface area contributed by atoms with E-state index in [1.54, 1.807) is 6.07 Å². The molecule has 0 spiro atoms. The summed E-state index contributed by atoms with van der Waals surface area (Å²) < 4.78 is 13.4. The van der Waals surface area contributed by atoms with Gasteiger partial charge in [-0.2, -0.15) is 0 Å². The Hall–Kier alpha value is -1.39. The molecule has 0 saturated heterocycles. The second-order valence-electron chi connectivity index (χ2n) is 5.03. The van der Waals surface area contributed by atoms with Gasteiger partial charge in [-0.05, 0) is 54.1 Å². The molecule has 1 atom stereocenters. The zero-order valence-corrected chi connectivity index (χ0v) is 11.7. The highest BCUT2D eigenvalue weighted by molar-refractivity contribution is 7.10. The van der Waals surface area contributed by atoms with Gasteiger partial charge in [-0.3, -0.25) is 0 Å². The van der Waals surface area contributed by atoms with Crippen molar-refractivity contribution >= 4 is 17.0 Å². The van der Waals surface area contributed by atoms with Gasteiger partial charge >= 0.3 is 0 Å². The molecule has 0 aliphatic carbocycles. The minimum Gasteiger partial charge on any atom is -0.367 e. The Kier molecular flexibility index (Phi) is 3.29. The van der Waals surface area contributed by atoms with Crippen LogP contribution in [0.25, 0.3) is 0 Å². The van der Waals surface area contributed by atoms with Crippen molar-refractivity contribution in [3.8, 4) is 0 Å². The lowest BCUT2D eigenvalue weighted by molar-refractivity contribution is 0.620. The maximum Gasteiger partial charge on any atom is 0.123 e. The summed E-state index contributed by atoms with van der Waals surface area (Å²) in [6.07, 6.45) is 1.06. The summed E-state index contributed by atoms with van der Waals surface area (Å²) in [5.74, 6) is -0.218. The molecule has 2 heterocycles. The third-order valence-corrected chi connectivity index (χ3v) is 4.65. The molecule has 4 heteroatoms. The van der Waals surface area contributed by atoms with Crippen LogP contribution in [0.5, 0.6) is 0 Å². The predicted octanol–water partition coefficient (Wildman–Crippen LogP) is 3.47. The Balaban J connectivity index is 1.95. The van der Waals surface area contributed by atoms with Gasteiger partial charge in [-0.1, -0.05) is 0 Å². The SMILES string of the molecule is C[C@@H](N)c1cc(F)ccc1N1CCc2sccc2C1. The quantitative estimate of drug-likeness (QED) is 0.910. The van der Waals surface area contributed by atoms with Crippen LogP contribution in [0.15, 0.2) is 29.6 Å². The van der Waals surface area contributed by atoms with Crippen LogP contribution >= 0.6 is 11.3 Å². The highest BCUT2D eigenvalue weighted by Gasteiger charge is 2.20. The van der Waals surface area contributed by atoms with Crippen LogP contribution in [0.1, 0.15) is 29.0 Å². The van der Waals surface area contributed by atoms with Gasteiger partial charge in [0.1, 0.15) is 5.82 Å². The molecule has 2 N–H and O–H groups in total. The normalized spacial score (nSPS) is 16.3. The maximum absolute atomic E-state index is 13.4. The van der Waals surface area contributed by atoms with Crippen molar-refractivity contribution < 1.29 is 4.39 Å². The fourth-order valence-corrected chi connectivity index (χ4v) is 3.52. The van der Waals surface area contributed by atoms with Crippen molar-refractivity contribution in [2.45, 2.75) is 25.9 Å². The molecule has 0 fully saturated rings. The zero-order chi connectivity index (χ0) is 13.4. The van der Waals surface area contributed by atoms with Crippen LogP contribution in [-0.4, -0.2) is 6.54 Å². The standard InChI is InChI=1S/C15H17FN2S/c1-10(17)13-8-12(16)2-3-14(13)18-6-4-15-11(9-18)5-7-19-15/h2-3,5,7-8,10H,4,6,9,17H2,1H3/t10-/m1/s1. The van der Waals surface area contributed by atoms with Crippen molar-refractivity contribution in [1.82, 2.24) is 0 Å². The van der Waals surface area contributed by atoms with E-state index < -0.39 is 0 Å².